The van der Waals surface area contributed by atoms with Crippen LogP contribution in [-0.2, 0) is 26.2 Å². The van der Waals surface area contributed by atoms with Crippen molar-refractivity contribution in [3.05, 3.63) is 52.0 Å². The number of benzene rings is 2. The maximum atomic E-state index is 13.5. The maximum Gasteiger partial charge on any atom is 0.242 e. The van der Waals surface area contributed by atoms with Crippen LogP contribution in [0.25, 0.3) is 0 Å². The number of ether oxygens (including phenoxy) is 2. The zero-order chi connectivity index (χ0) is 27.9. The predicted octanol–water partition coefficient (Wildman–Crippen LogP) is 4.25. The molecule has 3 rings (SSSR count). The van der Waals surface area contributed by atoms with E-state index in [1.165, 1.54) is 9.21 Å². The Labute approximate surface area is 234 Å². The lowest BCUT2D eigenvalue weighted by Gasteiger charge is -2.31. The summed E-state index contributed by atoms with van der Waals surface area (Å²) in [5.41, 5.74) is 0.957. The summed E-state index contributed by atoms with van der Waals surface area (Å²) in [6.07, 6.45) is 1.72. The Hall–Kier alpha value is -2.69. The van der Waals surface area contributed by atoms with Gasteiger partial charge in [-0.3, -0.25) is 13.9 Å². The zero-order valence-corrected chi connectivity index (χ0v) is 24.0. The first-order valence-corrected chi connectivity index (χ1v) is 15.0. The topological polar surface area (TPSA) is 105 Å². The molecule has 0 spiro atoms. The number of hydrogen-bond donors (Lipinski definition) is 1. The summed E-state index contributed by atoms with van der Waals surface area (Å²) < 4.78 is 37.6. The Kier molecular flexibility index (Phi) is 10.5. The molecule has 0 radical (unpaired) electrons. The van der Waals surface area contributed by atoms with Gasteiger partial charge in [0, 0.05) is 47.7 Å². The number of anilines is 1. The molecule has 0 fully saturated rings. The predicted molar refractivity (Wildman–Crippen MR) is 149 cm³/mol. The fraction of sp³-hybridized carbons (Fsp3) is 0.462. The van der Waals surface area contributed by atoms with E-state index >= 15 is 0 Å². The van der Waals surface area contributed by atoms with Gasteiger partial charge in [0.05, 0.1) is 11.9 Å². The van der Waals surface area contributed by atoms with Gasteiger partial charge in [-0.25, -0.2) is 8.42 Å². The van der Waals surface area contributed by atoms with Gasteiger partial charge in [0.2, 0.25) is 21.8 Å². The van der Waals surface area contributed by atoms with Crippen LogP contribution in [0.15, 0.2) is 36.4 Å². The van der Waals surface area contributed by atoms with Gasteiger partial charge in [0.25, 0.3) is 0 Å². The number of halogens is 2. The third-order valence-corrected chi connectivity index (χ3v) is 8.00. The molecule has 12 heteroatoms. The Bertz CT molecular complexity index is 1240. The van der Waals surface area contributed by atoms with Gasteiger partial charge in [0.15, 0.2) is 11.5 Å². The summed E-state index contributed by atoms with van der Waals surface area (Å²) in [5, 5.41) is 3.56. The van der Waals surface area contributed by atoms with E-state index in [0.29, 0.717) is 59.0 Å². The molecule has 2 aromatic rings. The minimum Gasteiger partial charge on any atom is -0.486 e. The van der Waals surface area contributed by atoms with Crippen LogP contribution in [0.1, 0.15) is 38.7 Å². The molecule has 38 heavy (non-hydrogen) atoms. The highest BCUT2D eigenvalue weighted by atomic mass is 35.5. The van der Waals surface area contributed by atoms with Crippen LogP contribution in [0.3, 0.4) is 0 Å². The number of carbonyl (C=O) groups excluding carboxylic acids is 2. The highest BCUT2D eigenvalue weighted by Gasteiger charge is 2.30. The summed E-state index contributed by atoms with van der Waals surface area (Å²) >= 11 is 12.7. The molecule has 9 nitrogen and oxygen atoms in total. The van der Waals surface area contributed by atoms with Crippen LogP contribution in [0, 0.1) is 0 Å². The summed E-state index contributed by atoms with van der Waals surface area (Å²) in [6.45, 7) is 4.95. The van der Waals surface area contributed by atoms with Gasteiger partial charge < -0.3 is 19.7 Å². The van der Waals surface area contributed by atoms with Crippen LogP contribution in [0.5, 0.6) is 11.5 Å². The van der Waals surface area contributed by atoms with Crippen molar-refractivity contribution in [1.82, 2.24) is 10.2 Å². The molecular formula is C26H33Cl2N3O6S. The monoisotopic (exact) mass is 585 g/mol. The number of sulfonamides is 1. The second-order valence-corrected chi connectivity index (χ2v) is 11.5. The van der Waals surface area contributed by atoms with E-state index in [4.69, 9.17) is 32.7 Å². The number of nitrogens with one attached hydrogen (secondary N) is 1. The van der Waals surface area contributed by atoms with Gasteiger partial charge in [0.1, 0.15) is 19.3 Å². The molecule has 0 unspecified atom stereocenters. The zero-order valence-electron chi connectivity index (χ0n) is 21.7. The molecule has 1 aliphatic rings. The Morgan fingerprint density at radius 3 is 2.32 bits per heavy atom. The normalized spacial score (nSPS) is 13.5. The molecule has 2 aromatic carbocycles. The van der Waals surface area contributed by atoms with E-state index in [1.54, 1.807) is 43.3 Å². The van der Waals surface area contributed by atoms with Crippen LogP contribution in [0.4, 0.5) is 5.69 Å². The number of nitrogens with zero attached hydrogens (tertiary/aromatic N) is 2. The Morgan fingerprint density at radius 1 is 1.05 bits per heavy atom. The lowest BCUT2D eigenvalue weighted by atomic mass is 10.1. The van der Waals surface area contributed by atoms with E-state index in [-0.39, 0.29) is 37.7 Å². The minimum absolute atomic E-state index is 0.00848. The van der Waals surface area contributed by atoms with Crippen molar-refractivity contribution in [2.75, 3.05) is 36.9 Å². The minimum atomic E-state index is -3.65. The summed E-state index contributed by atoms with van der Waals surface area (Å²) in [7, 11) is -3.65. The number of likely N-dealkylation sites (N-methyl/N-ethyl adjacent to an activating group) is 1. The fourth-order valence-corrected chi connectivity index (χ4v) is 5.73. The number of hydrogen-bond acceptors (Lipinski definition) is 6. The molecule has 1 aliphatic heterocycles. The first-order valence-electron chi connectivity index (χ1n) is 12.4. The Morgan fingerprint density at radius 2 is 1.71 bits per heavy atom. The molecule has 0 bridgehead atoms. The van der Waals surface area contributed by atoms with Crippen molar-refractivity contribution >= 4 is 50.7 Å². The number of rotatable bonds is 12. The highest BCUT2D eigenvalue weighted by Crippen LogP contribution is 2.35. The molecule has 0 aromatic heterocycles. The molecule has 0 saturated carbocycles. The number of carbonyl (C=O) groups is 2. The molecule has 1 N–H and O–H groups in total. The lowest BCUT2D eigenvalue weighted by Crippen LogP contribution is -2.49. The summed E-state index contributed by atoms with van der Waals surface area (Å²) in [6, 6.07) is 9.25. The van der Waals surface area contributed by atoms with Gasteiger partial charge in [-0.05, 0) is 44.0 Å². The van der Waals surface area contributed by atoms with Crippen molar-refractivity contribution in [3.63, 3.8) is 0 Å². The van der Waals surface area contributed by atoms with E-state index in [2.05, 4.69) is 5.32 Å². The number of amides is 2. The smallest absolute Gasteiger partial charge is 0.242 e. The largest absolute Gasteiger partial charge is 0.486 e. The van der Waals surface area contributed by atoms with E-state index in [0.717, 1.165) is 6.26 Å². The SMILES string of the molecule is CCNC(=O)[C@H](CC)N(Cc1c(Cl)cccc1Cl)C(=O)CCCN(c1ccc2c(c1)OCCO2)S(C)(=O)=O. The lowest BCUT2D eigenvalue weighted by molar-refractivity contribution is -0.141. The van der Waals surface area contributed by atoms with E-state index in [9.17, 15) is 18.0 Å². The average molecular weight is 587 g/mol. The van der Waals surface area contributed by atoms with Gasteiger partial charge in [-0.1, -0.05) is 36.2 Å². The van der Waals surface area contributed by atoms with E-state index in [1.807, 2.05) is 6.92 Å². The van der Waals surface area contributed by atoms with Crippen molar-refractivity contribution in [2.45, 2.75) is 45.7 Å². The first-order chi connectivity index (χ1) is 18.1. The standard InChI is InChI=1S/C26H33Cl2N3O6S/c1-4-22(26(33)29-5-2)30(17-19-20(27)8-6-9-21(19)28)25(32)10-7-13-31(38(3,34)35)18-11-12-23-24(16-18)37-15-14-36-23/h6,8-9,11-12,16,22H,4-5,7,10,13-15,17H2,1-3H3,(H,29,33)/t22-/m0/s1. The Balaban J connectivity index is 1.80. The van der Waals surface area contributed by atoms with Crippen molar-refractivity contribution < 1.29 is 27.5 Å². The molecule has 0 saturated heterocycles. The molecule has 0 aliphatic carbocycles. The average Bonchev–Trinajstić information content (AvgIpc) is 2.87. The second kappa shape index (κ2) is 13.4. The number of fused-ring (bicyclic) bond motifs is 1. The van der Waals surface area contributed by atoms with Crippen molar-refractivity contribution in [1.29, 1.82) is 0 Å². The van der Waals surface area contributed by atoms with E-state index < -0.39 is 16.1 Å². The van der Waals surface area contributed by atoms with Crippen LogP contribution >= 0.6 is 23.2 Å². The maximum absolute atomic E-state index is 13.5. The quantitative estimate of drug-likeness (QED) is 0.399. The molecular weight excluding hydrogens is 553 g/mol. The third kappa shape index (κ3) is 7.45. The third-order valence-electron chi connectivity index (χ3n) is 6.09. The van der Waals surface area contributed by atoms with Crippen molar-refractivity contribution in [2.24, 2.45) is 0 Å². The van der Waals surface area contributed by atoms with Gasteiger partial charge >= 0.3 is 0 Å². The molecule has 208 valence electrons. The molecule has 1 atom stereocenters. The van der Waals surface area contributed by atoms with Crippen LogP contribution in [0.2, 0.25) is 10.0 Å². The van der Waals surface area contributed by atoms with Gasteiger partial charge in [-0.2, -0.15) is 0 Å². The second-order valence-electron chi connectivity index (χ2n) is 8.81. The van der Waals surface area contributed by atoms with Crippen LogP contribution in [-0.4, -0.2) is 63.7 Å². The fourth-order valence-electron chi connectivity index (χ4n) is 4.26. The van der Waals surface area contributed by atoms with Crippen LogP contribution < -0.4 is 19.1 Å². The molecule has 2 amide bonds. The highest BCUT2D eigenvalue weighted by molar-refractivity contribution is 7.92. The summed E-state index contributed by atoms with van der Waals surface area (Å²) in [4.78, 5) is 27.8. The first kappa shape index (κ1) is 29.9. The van der Waals surface area contributed by atoms with Gasteiger partial charge in [-0.15, -0.1) is 0 Å². The van der Waals surface area contributed by atoms with Crippen molar-refractivity contribution in [3.8, 4) is 11.5 Å². The summed E-state index contributed by atoms with van der Waals surface area (Å²) in [5.74, 6) is 0.428. The molecule has 1 heterocycles.